The van der Waals surface area contributed by atoms with Gasteiger partial charge in [0.15, 0.2) is 0 Å². The van der Waals surface area contributed by atoms with Gasteiger partial charge in [-0.25, -0.2) is 4.39 Å². The van der Waals surface area contributed by atoms with E-state index in [2.05, 4.69) is 0 Å². The zero-order valence-corrected chi connectivity index (χ0v) is 9.24. The molecule has 0 aliphatic heterocycles. The first kappa shape index (κ1) is 13.0. The van der Waals surface area contributed by atoms with E-state index >= 15 is 0 Å². The first-order chi connectivity index (χ1) is 7.40. The largest absolute Gasteiger partial charge is 0.416 e. The minimum atomic E-state index is -4.48. The minimum absolute atomic E-state index is 0.0118. The molecule has 0 radical (unpaired) electrons. The van der Waals surface area contributed by atoms with Crippen molar-refractivity contribution in [2.45, 2.75) is 38.8 Å². The van der Waals surface area contributed by atoms with Crippen LogP contribution in [-0.2, 0) is 6.18 Å². The highest BCUT2D eigenvalue weighted by Gasteiger charge is 2.31. The van der Waals surface area contributed by atoms with Gasteiger partial charge in [-0.05, 0) is 36.5 Å². The topological polar surface area (TPSA) is 0 Å². The fourth-order valence-corrected chi connectivity index (χ4v) is 1.76. The summed E-state index contributed by atoms with van der Waals surface area (Å²) in [4.78, 5) is 0. The third-order valence-electron chi connectivity index (χ3n) is 2.75. The van der Waals surface area contributed by atoms with Gasteiger partial charge in [0, 0.05) is 0 Å². The molecule has 0 fully saturated rings. The Balaban J connectivity index is 3.09. The lowest BCUT2D eigenvalue weighted by Crippen LogP contribution is -2.07. The van der Waals surface area contributed by atoms with E-state index in [1.165, 1.54) is 6.07 Å². The lowest BCUT2D eigenvalue weighted by molar-refractivity contribution is -0.137. The number of rotatable bonds is 3. The Labute approximate surface area is 92.3 Å². The van der Waals surface area contributed by atoms with Gasteiger partial charge in [-0.15, -0.1) is 0 Å². The molecule has 0 N–H and O–H groups in total. The molecule has 0 amide bonds. The van der Waals surface area contributed by atoms with E-state index in [1.807, 2.05) is 13.8 Å². The van der Waals surface area contributed by atoms with Crippen LogP contribution in [0.2, 0.25) is 0 Å². The molecule has 0 unspecified atom stereocenters. The van der Waals surface area contributed by atoms with E-state index in [0.717, 1.165) is 18.9 Å². The zero-order chi connectivity index (χ0) is 12.3. The van der Waals surface area contributed by atoms with Crippen molar-refractivity contribution in [1.29, 1.82) is 0 Å². The van der Waals surface area contributed by atoms with Crippen molar-refractivity contribution in [2.24, 2.45) is 0 Å². The smallest absolute Gasteiger partial charge is 0.207 e. The second kappa shape index (κ2) is 4.85. The van der Waals surface area contributed by atoms with Gasteiger partial charge in [0.1, 0.15) is 5.82 Å². The number of halogens is 4. The van der Waals surface area contributed by atoms with Crippen molar-refractivity contribution in [3.05, 3.63) is 35.1 Å². The van der Waals surface area contributed by atoms with Crippen LogP contribution < -0.4 is 0 Å². The van der Waals surface area contributed by atoms with Gasteiger partial charge < -0.3 is 0 Å². The number of alkyl halides is 3. The molecule has 0 heterocycles. The Bertz CT molecular complexity index is 351. The zero-order valence-electron chi connectivity index (χ0n) is 9.24. The van der Waals surface area contributed by atoms with Crippen LogP contribution >= 0.6 is 0 Å². The molecule has 0 atom stereocenters. The fourth-order valence-electron chi connectivity index (χ4n) is 1.76. The molecule has 0 bridgehead atoms. The van der Waals surface area contributed by atoms with Gasteiger partial charge in [0.2, 0.25) is 0 Å². The molecule has 0 aliphatic carbocycles. The van der Waals surface area contributed by atoms with Crippen LogP contribution in [0.4, 0.5) is 17.6 Å². The van der Waals surface area contributed by atoms with Crippen LogP contribution in [0.3, 0.4) is 0 Å². The molecule has 1 rings (SSSR count). The molecular formula is C12H14F4. The third-order valence-corrected chi connectivity index (χ3v) is 2.75. The van der Waals surface area contributed by atoms with Gasteiger partial charge in [-0.1, -0.05) is 19.9 Å². The van der Waals surface area contributed by atoms with E-state index in [-0.39, 0.29) is 5.92 Å². The van der Waals surface area contributed by atoms with Crippen molar-refractivity contribution >= 4 is 0 Å². The highest BCUT2D eigenvalue weighted by molar-refractivity contribution is 5.28. The molecule has 16 heavy (non-hydrogen) atoms. The van der Waals surface area contributed by atoms with Crippen LogP contribution in [0, 0.1) is 5.82 Å². The first-order valence-electron chi connectivity index (χ1n) is 5.26. The lowest BCUT2D eigenvalue weighted by Gasteiger charge is -2.15. The van der Waals surface area contributed by atoms with Gasteiger partial charge in [0.25, 0.3) is 0 Å². The van der Waals surface area contributed by atoms with Crippen LogP contribution in [0.25, 0.3) is 0 Å². The quantitative estimate of drug-likeness (QED) is 0.662. The molecule has 1 aromatic carbocycles. The third kappa shape index (κ3) is 2.74. The molecule has 0 aromatic heterocycles. The minimum Gasteiger partial charge on any atom is -0.207 e. The second-order valence-electron chi connectivity index (χ2n) is 3.75. The van der Waals surface area contributed by atoms with Crippen LogP contribution in [0.15, 0.2) is 18.2 Å². The van der Waals surface area contributed by atoms with E-state index < -0.39 is 17.6 Å². The molecule has 1 aromatic rings. The summed E-state index contributed by atoms with van der Waals surface area (Å²) in [6.45, 7) is 3.79. The van der Waals surface area contributed by atoms with E-state index in [4.69, 9.17) is 0 Å². The monoisotopic (exact) mass is 234 g/mol. The average Bonchev–Trinajstić information content (AvgIpc) is 2.20. The summed E-state index contributed by atoms with van der Waals surface area (Å²) in [6, 6.07) is 2.76. The molecule has 4 heteroatoms. The highest BCUT2D eigenvalue weighted by Crippen LogP contribution is 2.33. The summed E-state index contributed by atoms with van der Waals surface area (Å²) in [7, 11) is 0. The van der Waals surface area contributed by atoms with E-state index in [1.54, 1.807) is 0 Å². The number of hydrogen-bond acceptors (Lipinski definition) is 0. The van der Waals surface area contributed by atoms with Crippen molar-refractivity contribution in [3.8, 4) is 0 Å². The predicted octanol–water partition coefficient (Wildman–Crippen LogP) is 4.75. The van der Waals surface area contributed by atoms with Gasteiger partial charge >= 0.3 is 6.18 Å². The SMILES string of the molecule is CCC(CC)c1ccc(C(F)(F)F)cc1F. The normalized spacial score (nSPS) is 12.2. The van der Waals surface area contributed by atoms with Crippen molar-refractivity contribution < 1.29 is 17.6 Å². The summed E-state index contributed by atoms with van der Waals surface area (Å²) >= 11 is 0. The average molecular weight is 234 g/mol. The number of hydrogen-bond donors (Lipinski definition) is 0. The van der Waals surface area contributed by atoms with Gasteiger partial charge in [-0.3, -0.25) is 0 Å². The summed E-state index contributed by atoms with van der Waals surface area (Å²) in [6.07, 6.45) is -3.04. The molecular weight excluding hydrogens is 220 g/mol. The summed E-state index contributed by atoms with van der Waals surface area (Å²) < 4.78 is 50.4. The molecule has 0 aliphatic rings. The molecule has 0 spiro atoms. The van der Waals surface area contributed by atoms with Gasteiger partial charge in [0.05, 0.1) is 5.56 Å². The second-order valence-corrected chi connectivity index (χ2v) is 3.75. The van der Waals surface area contributed by atoms with Crippen molar-refractivity contribution in [2.75, 3.05) is 0 Å². The number of benzene rings is 1. The summed E-state index contributed by atoms with van der Waals surface area (Å²) in [5, 5.41) is 0. The van der Waals surface area contributed by atoms with E-state index in [9.17, 15) is 17.6 Å². The fraction of sp³-hybridized carbons (Fsp3) is 0.500. The van der Waals surface area contributed by atoms with Gasteiger partial charge in [-0.2, -0.15) is 13.2 Å². The molecule has 0 saturated heterocycles. The van der Waals surface area contributed by atoms with Crippen molar-refractivity contribution in [1.82, 2.24) is 0 Å². The standard InChI is InChI=1S/C12H14F4/c1-3-8(4-2)10-6-5-9(7-11(10)13)12(14,15)16/h5-8H,3-4H2,1-2H3. The lowest BCUT2D eigenvalue weighted by atomic mass is 9.93. The predicted molar refractivity (Wildman–Crippen MR) is 54.7 cm³/mol. The molecule has 0 saturated carbocycles. The summed E-state index contributed by atoms with van der Waals surface area (Å²) in [5.41, 5.74) is -0.558. The maximum atomic E-state index is 13.5. The van der Waals surface area contributed by atoms with Crippen LogP contribution in [-0.4, -0.2) is 0 Å². The first-order valence-corrected chi connectivity index (χ1v) is 5.26. The van der Waals surface area contributed by atoms with Crippen LogP contribution in [0.1, 0.15) is 43.7 Å². The molecule has 0 nitrogen and oxygen atoms in total. The Kier molecular flexibility index (Phi) is 3.94. The summed E-state index contributed by atoms with van der Waals surface area (Å²) in [5.74, 6) is -0.772. The Morgan fingerprint density at radius 3 is 2.06 bits per heavy atom. The molecule has 90 valence electrons. The Hall–Kier alpha value is -1.06. The van der Waals surface area contributed by atoms with E-state index in [0.29, 0.717) is 11.6 Å². The van der Waals surface area contributed by atoms with Crippen molar-refractivity contribution in [3.63, 3.8) is 0 Å². The highest BCUT2D eigenvalue weighted by atomic mass is 19.4. The van der Waals surface area contributed by atoms with Crippen LogP contribution in [0.5, 0.6) is 0 Å². The Morgan fingerprint density at radius 2 is 1.69 bits per heavy atom. The maximum Gasteiger partial charge on any atom is 0.416 e. The maximum absolute atomic E-state index is 13.5. The Morgan fingerprint density at radius 1 is 1.12 bits per heavy atom.